The maximum Gasteiger partial charge on any atom is 0.137 e. The average molecular weight is 365 g/mol. The van der Waals surface area contributed by atoms with Crippen molar-refractivity contribution in [2.45, 2.75) is 12.8 Å². The first-order chi connectivity index (χ1) is 13.3. The Morgan fingerprint density at radius 1 is 1.22 bits per heavy atom. The molecule has 1 aliphatic rings. The minimum absolute atomic E-state index is 0.0643. The summed E-state index contributed by atoms with van der Waals surface area (Å²) in [5.74, 6) is 2.92. The second kappa shape index (κ2) is 7.80. The van der Waals surface area contributed by atoms with Crippen molar-refractivity contribution in [2.24, 2.45) is 5.92 Å². The number of nitrogens with one attached hydrogen (secondary N) is 1. The molecular weight excluding hydrogens is 342 g/mol. The summed E-state index contributed by atoms with van der Waals surface area (Å²) in [5.41, 5.74) is 3.35. The molecule has 1 aromatic heterocycles. The van der Waals surface area contributed by atoms with Gasteiger partial charge < -0.3 is 19.9 Å². The number of aliphatic hydroxyl groups excluding tert-OH is 1. The summed E-state index contributed by atoms with van der Waals surface area (Å²) in [7, 11) is 1.67. The van der Waals surface area contributed by atoms with Crippen molar-refractivity contribution in [1.29, 1.82) is 0 Å². The lowest BCUT2D eigenvalue weighted by molar-refractivity contribution is 0.220. The molecule has 0 saturated heterocycles. The van der Waals surface area contributed by atoms with Gasteiger partial charge in [0.1, 0.15) is 23.6 Å². The van der Waals surface area contributed by atoms with Crippen molar-refractivity contribution >= 4 is 16.7 Å². The van der Waals surface area contributed by atoms with Crippen molar-refractivity contribution in [3.8, 4) is 11.5 Å². The van der Waals surface area contributed by atoms with Crippen LogP contribution in [0.5, 0.6) is 11.5 Å². The van der Waals surface area contributed by atoms with Gasteiger partial charge >= 0.3 is 0 Å². The first kappa shape index (κ1) is 17.5. The molecule has 4 rings (SSSR count). The smallest absolute Gasteiger partial charge is 0.137 e. The molecule has 0 amide bonds. The Labute approximate surface area is 158 Å². The van der Waals surface area contributed by atoms with Gasteiger partial charge in [0.05, 0.1) is 25.8 Å². The summed E-state index contributed by atoms with van der Waals surface area (Å²) in [4.78, 5) is 8.64. The van der Waals surface area contributed by atoms with Crippen LogP contribution in [0.15, 0.2) is 42.7 Å². The number of hydrogen-bond acceptors (Lipinski definition) is 6. The summed E-state index contributed by atoms with van der Waals surface area (Å²) in [6.45, 7) is 1.22. The number of nitrogens with zero attached hydrogens (tertiary/aromatic N) is 2. The van der Waals surface area contributed by atoms with Crippen molar-refractivity contribution in [3.63, 3.8) is 0 Å². The van der Waals surface area contributed by atoms with Gasteiger partial charge in [0.25, 0.3) is 0 Å². The fourth-order valence-corrected chi connectivity index (χ4v) is 3.55. The molecule has 0 spiro atoms. The molecule has 2 N–H and O–H groups in total. The number of aliphatic hydroxyl groups is 1. The van der Waals surface area contributed by atoms with Crippen LogP contribution in [0.25, 0.3) is 10.9 Å². The van der Waals surface area contributed by atoms with Crippen LogP contribution in [0.1, 0.15) is 11.1 Å². The molecule has 1 aliphatic heterocycles. The highest BCUT2D eigenvalue weighted by molar-refractivity contribution is 5.89. The molecule has 140 valence electrons. The summed E-state index contributed by atoms with van der Waals surface area (Å²) in [6, 6.07) is 12.3. The van der Waals surface area contributed by atoms with E-state index in [2.05, 4.69) is 33.5 Å². The number of anilines is 1. The summed E-state index contributed by atoms with van der Waals surface area (Å²) in [6.07, 6.45) is 3.45. The van der Waals surface area contributed by atoms with Gasteiger partial charge in [-0.1, -0.05) is 12.1 Å². The standard InChI is InChI=1S/C21H23N3O3/c1-26-17-4-3-16-9-15(12-27-20(16)11-17)8-14-2-5-19-18(10-14)21(22-6-7-25)24-13-23-19/h2-5,10-11,13,15,25H,6-9,12H2,1H3,(H,22,23,24)/t15-/m0/s1. The molecule has 0 unspecified atom stereocenters. The van der Waals surface area contributed by atoms with Gasteiger partial charge in [0.15, 0.2) is 0 Å². The molecular formula is C21H23N3O3. The van der Waals surface area contributed by atoms with Gasteiger partial charge in [-0.2, -0.15) is 0 Å². The van der Waals surface area contributed by atoms with Gasteiger partial charge in [0.2, 0.25) is 0 Å². The molecule has 6 nitrogen and oxygen atoms in total. The van der Waals surface area contributed by atoms with E-state index < -0.39 is 0 Å². The fourth-order valence-electron chi connectivity index (χ4n) is 3.55. The normalized spacial score (nSPS) is 15.9. The van der Waals surface area contributed by atoms with E-state index in [-0.39, 0.29) is 6.61 Å². The summed E-state index contributed by atoms with van der Waals surface area (Å²) >= 11 is 0. The molecule has 2 heterocycles. The van der Waals surface area contributed by atoms with Gasteiger partial charge in [-0.25, -0.2) is 9.97 Å². The number of hydrogen-bond donors (Lipinski definition) is 2. The molecule has 27 heavy (non-hydrogen) atoms. The molecule has 0 bridgehead atoms. The zero-order chi connectivity index (χ0) is 18.6. The predicted octanol–water partition coefficient (Wildman–Crippen LogP) is 2.84. The Kier molecular flexibility index (Phi) is 5.07. The average Bonchev–Trinajstić information content (AvgIpc) is 2.71. The van der Waals surface area contributed by atoms with Crippen LogP contribution in [0, 0.1) is 5.92 Å². The minimum atomic E-state index is 0.0643. The lowest BCUT2D eigenvalue weighted by atomic mass is 9.90. The number of benzene rings is 2. The maximum atomic E-state index is 9.06. The number of aromatic nitrogens is 2. The Morgan fingerprint density at radius 3 is 3.00 bits per heavy atom. The Hall–Kier alpha value is -2.86. The third kappa shape index (κ3) is 3.80. The zero-order valence-electron chi connectivity index (χ0n) is 15.3. The molecule has 3 aromatic rings. The lowest BCUT2D eigenvalue weighted by Gasteiger charge is -2.26. The van der Waals surface area contributed by atoms with Crippen LogP contribution in [0.3, 0.4) is 0 Å². The number of ether oxygens (including phenoxy) is 2. The zero-order valence-corrected chi connectivity index (χ0v) is 15.3. The highest BCUT2D eigenvalue weighted by Crippen LogP contribution is 2.32. The largest absolute Gasteiger partial charge is 0.497 e. The molecule has 0 aliphatic carbocycles. The maximum absolute atomic E-state index is 9.06. The first-order valence-corrected chi connectivity index (χ1v) is 9.15. The van der Waals surface area contributed by atoms with E-state index in [1.54, 1.807) is 13.4 Å². The Balaban J connectivity index is 1.53. The van der Waals surface area contributed by atoms with Crippen LogP contribution in [-0.2, 0) is 12.8 Å². The molecule has 0 saturated carbocycles. The van der Waals surface area contributed by atoms with E-state index in [9.17, 15) is 0 Å². The van der Waals surface area contributed by atoms with Gasteiger partial charge in [0, 0.05) is 23.9 Å². The van der Waals surface area contributed by atoms with Crippen LogP contribution >= 0.6 is 0 Å². The van der Waals surface area contributed by atoms with Crippen LogP contribution in [0.4, 0.5) is 5.82 Å². The highest BCUT2D eigenvalue weighted by Gasteiger charge is 2.21. The number of rotatable bonds is 6. The van der Waals surface area contributed by atoms with Crippen molar-refractivity contribution in [2.75, 3.05) is 32.2 Å². The quantitative estimate of drug-likeness (QED) is 0.700. The summed E-state index contributed by atoms with van der Waals surface area (Å²) in [5, 5.41) is 13.2. The van der Waals surface area contributed by atoms with E-state index in [1.807, 2.05) is 18.2 Å². The monoisotopic (exact) mass is 365 g/mol. The predicted molar refractivity (Wildman–Crippen MR) is 105 cm³/mol. The summed E-state index contributed by atoms with van der Waals surface area (Å²) < 4.78 is 11.2. The molecule has 0 fully saturated rings. The molecule has 1 atom stereocenters. The highest BCUT2D eigenvalue weighted by atomic mass is 16.5. The first-order valence-electron chi connectivity index (χ1n) is 9.15. The second-order valence-electron chi connectivity index (χ2n) is 6.78. The van der Waals surface area contributed by atoms with Crippen LogP contribution in [-0.4, -0.2) is 41.9 Å². The van der Waals surface area contributed by atoms with Crippen molar-refractivity contribution in [1.82, 2.24) is 9.97 Å². The van der Waals surface area contributed by atoms with E-state index in [0.29, 0.717) is 19.1 Å². The van der Waals surface area contributed by atoms with E-state index in [4.69, 9.17) is 14.6 Å². The fraction of sp³-hybridized carbons (Fsp3) is 0.333. The Morgan fingerprint density at radius 2 is 2.15 bits per heavy atom. The van der Waals surface area contributed by atoms with Crippen LogP contribution < -0.4 is 14.8 Å². The van der Waals surface area contributed by atoms with E-state index in [1.165, 1.54) is 11.1 Å². The molecule has 6 heteroatoms. The van der Waals surface area contributed by atoms with Crippen LogP contribution in [0.2, 0.25) is 0 Å². The van der Waals surface area contributed by atoms with Gasteiger partial charge in [-0.3, -0.25) is 0 Å². The SMILES string of the molecule is COc1ccc2c(c1)OC[C@@H](Cc1ccc3ncnc(NCCO)c3c1)C2. The van der Waals surface area contributed by atoms with Crippen molar-refractivity contribution < 1.29 is 14.6 Å². The third-order valence-corrected chi connectivity index (χ3v) is 4.89. The Bertz CT molecular complexity index is 945. The van der Waals surface area contributed by atoms with Gasteiger partial charge in [-0.15, -0.1) is 0 Å². The van der Waals surface area contributed by atoms with E-state index in [0.717, 1.165) is 41.1 Å². The van der Waals surface area contributed by atoms with Gasteiger partial charge in [-0.05, 0) is 42.2 Å². The number of fused-ring (bicyclic) bond motifs is 2. The lowest BCUT2D eigenvalue weighted by Crippen LogP contribution is -2.22. The van der Waals surface area contributed by atoms with Crippen molar-refractivity contribution in [3.05, 3.63) is 53.9 Å². The minimum Gasteiger partial charge on any atom is -0.497 e. The topological polar surface area (TPSA) is 76.5 Å². The molecule has 0 radical (unpaired) electrons. The number of methoxy groups -OCH3 is 1. The third-order valence-electron chi connectivity index (χ3n) is 4.89. The molecule has 2 aromatic carbocycles. The second-order valence-corrected chi connectivity index (χ2v) is 6.78. The van der Waals surface area contributed by atoms with E-state index >= 15 is 0 Å².